The van der Waals surface area contributed by atoms with Gasteiger partial charge in [-0.15, -0.1) is 0 Å². The van der Waals surface area contributed by atoms with Crippen molar-refractivity contribution in [2.45, 2.75) is 51.9 Å². The molecule has 0 bridgehead atoms. The molecule has 0 aromatic rings. The van der Waals surface area contributed by atoms with Gasteiger partial charge in [0.15, 0.2) is 0 Å². The van der Waals surface area contributed by atoms with Gasteiger partial charge in [0.1, 0.15) is 0 Å². The average Bonchev–Trinajstić information content (AvgIpc) is 2.38. The number of urea groups is 1. The average molecular weight is 256 g/mol. The maximum Gasteiger partial charge on any atom is 0.314 e. The Morgan fingerprint density at radius 3 is 2.22 bits per heavy atom. The zero-order chi connectivity index (χ0) is 13.5. The van der Waals surface area contributed by atoms with Crippen LogP contribution < -0.4 is 10.6 Å². The molecule has 0 aliphatic heterocycles. The SMILES string of the molecule is CCCCCNC(=O)NCCCC/C=C\CCO. The lowest BCUT2D eigenvalue weighted by Crippen LogP contribution is -2.36. The second-order valence-corrected chi connectivity index (χ2v) is 4.37. The van der Waals surface area contributed by atoms with Crippen LogP contribution in [0.25, 0.3) is 0 Å². The molecule has 0 fully saturated rings. The molecule has 2 amide bonds. The third kappa shape index (κ3) is 13.0. The van der Waals surface area contributed by atoms with E-state index < -0.39 is 0 Å². The first-order valence-electron chi connectivity index (χ1n) is 7.08. The molecule has 0 spiro atoms. The smallest absolute Gasteiger partial charge is 0.314 e. The fourth-order valence-corrected chi connectivity index (χ4v) is 1.54. The summed E-state index contributed by atoms with van der Waals surface area (Å²) < 4.78 is 0. The summed E-state index contributed by atoms with van der Waals surface area (Å²) in [6, 6.07) is -0.0538. The summed E-state index contributed by atoms with van der Waals surface area (Å²) >= 11 is 0. The molecule has 18 heavy (non-hydrogen) atoms. The Kier molecular flexibility index (Phi) is 13.2. The molecule has 0 unspecified atom stereocenters. The Hall–Kier alpha value is -1.03. The van der Waals surface area contributed by atoms with Gasteiger partial charge in [-0.05, 0) is 32.1 Å². The van der Waals surface area contributed by atoms with Gasteiger partial charge in [-0.2, -0.15) is 0 Å². The van der Waals surface area contributed by atoms with Crippen molar-refractivity contribution in [2.75, 3.05) is 19.7 Å². The molecular formula is C14H28N2O2. The van der Waals surface area contributed by atoms with Crippen LogP contribution in [-0.2, 0) is 0 Å². The number of rotatable bonds is 11. The van der Waals surface area contributed by atoms with E-state index in [1.54, 1.807) is 0 Å². The lowest BCUT2D eigenvalue weighted by Gasteiger charge is -2.06. The minimum absolute atomic E-state index is 0.0538. The molecule has 0 saturated heterocycles. The van der Waals surface area contributed by atoms with E-state index in [2.05, 4.69) is 23.6 Å². The maximum atomic E-state index is 11.3. The van der Waals surface area contributed by atoms with Gasteiger partial charge in [0.05, 0.1) is 0 Å². The quantitative estimate of drug-likeness (QED) is 0.393. The molecule has 106 valence electrons. The van der Waals surface area contributed by atoms with Crippen molar-refractivity contribution in [3.8, 4) is 0 Å². The Balaban J connectivity index is 3.20. The van der Waals surface area contributed by atoms with Gasteiger partial charge in [0.25, 0.3) is 0 Å². The van der Waals surface area contributed by atoms with Crippen molar-refractivity contribution >= 4 is 6.03 Å². The number of aliphatic hydroxyl groups excluding tert-OH is 1. The summed E-state index contributed by atoms with van der Waals surface area (Å²) in [5, 5.41) is 14.3. The molecule has 0 aliphatic rings. The van der Waals surface area contributed by atoms with Crippen LogP contribution in [0.3, 0.4) is 0 Å². The Labute approximate surface area is 111 Å². The van der Waals surface area contributed by atoms with Crippen LogP contribution in [0, 0.1) is 0 Å². The molecule has 0 saturated carbocycles. The zero-order valence-corrected chi connectivity index (χ0v) is 11.6. The van der Waals surface area contributed by atoms with Crippen LogP contribution in [0.1, 0.15) is 51.9 Å². The molecule has 0 heterocycles. The number of carbonyl (C=O) groups is 1. The molecule has 0 aromatic heterocycles. The van der Waals surface area contributed by atoms with E-state index in [1.807, 2.05) is 6.08 Å². The van der Waals surface area contributed by atoms with Gasteiger partial charge in [-0.25, -0.2) is 4.79 Å². The van der Waals surface area contributed by atoms with Crippen LogP contribution in [0.4, 0.5) is 4.79 Å². The van der Waals surface area contributed by atoms with Crippen molar-refractivity contribution in [1.82, 2.24) is 10.6 Å². The molecule has 4 heteroatoms. The Bertz CT molecular complexity index is 218. The highest BCUT2D eigenvalue weighted by Gasteiger charge is 1.97. The number of amides is 2. The van der Waals surface area contributed by atoms with Gasteiger partial charge in [0.2, 0.25) is 0 Å². The number of hydrogen-bond acceptors (Lipinski definition) is 2. The highest BCUT2D eigenvalue weighted by molar-refractivity contribution is 5.73. The summed E-state index contributed by atoms with van der Waals surface area (Å²) in [5.74, 6) is 0. The fourth-order valence-electron chi connectivity index (χ4n) is 1.54. The molecule has 3 N–H and O–H groups in total. The highest BCUT2D eigenvalue weighted by atomic mass is 16.2. The number of aliphatic hydroxyl groups is 1. The van der Waals surface area contributed by atoms with Crippen LogP contribution in [-0.4, -0.2) is 30.8 Å². The Morgan fingerprint density at radius 1 is 1.00 bits per heavy atom. The molecule has 0 atom stereocenters. The standard InChI is InChI=1S/C14H28N2O2/c1-2-3-8-11-15-14(18)16-12-9-6-4-5-7-10-13-17/h5,7,17H,2-4,6,8-13H2,1H3,(H2,15,16,18)/b7-5-. The van der Waals surface area contributed by atoms with Crippen molar-refractivity contribution in [3.05, 3.63) is 12.2 Å². The van der Waals surface area contributed by atoms with Crippen molar-refractivity contribution in [1.29, 1.82) is 0 Å². The molecule has 0 aliphatic carbocycles. The lowest BCUT2D eigenvalue weighted by molar-refractivity contribution is 0.240. The fraction of sp³-hybridized carbons (Fsp3) is 0.786. The van der Waals surface area contributed by atoms with E-state index in [4.69, 9.17) is 5.11 Å². The predicted octanol–water partition coefficient (Wildman–Crippen LogP) is 2.58. The Morgan fingerprint density at radius 2 is 1.61 bits per heavy atom. The van der Waals surface area contributed by atoms with Crippen LogP contribution in [0.5, 0.6) is 0 Å². The van der Waals surface area contributed by atoms with E-state index in [0.29, 0.717) is 0 Å². The number of nitrogens with one attached hydrogen (secondary N) is 2. The van der Waals surface area contributed by atoms with Gasteiger partial charge in [-0.3, -0.25) is 0 Å². The van der Waals surface area contributed by atoms with Crippen LogP contribution in [0.2, 0.25) is 0 Å². The minimum atomic E-state index is -0.0538. The van der Waals surface area contributed by atoms with Crippen LogP contribution in [0.15, 0.2) is 12.2 Å². The van der Waals surface area contributed by atoms with Gasteiger partial charge in [-0.1, -0.05) is 31.9 Å². The number of unbranched alkanes of at least 4 members (excludes halogenated alkanes) is 4. The normalized spacial score (nSPS) is 10.8. The van der Waals surface area contributed by atoms with E-state index in [-0.39, 0.29) is 12.6 Å². The largest absolute Gasteiger partial charge is 0.396 e. The van der Waals surface area contributed by atoms with E-state index in [0.717, 1.165) is 45.2 Å². The summed E-state index contributed by atoms with van der Waals surface area (Å²) in [6.07, 6.45) is 11.3. The van der Waals surface area contributed by atoms with Crippen molar-refractivity contribution < 1.29 is 9.90 Å². The van der Waals surface area contributed by atoms with Gasteiger partial charge in [0, 0.05) is 19.7 Å². The second-order valence-electron chi connectivity index (χ2n) is 4.37. The third-order valence-corrected chi connectivity index (χ3v) is 2.61. The van der Waals surface area contributed by atoms with Crippen molar-refractivity contribution in [3.63, 3.8) is 0 Å². The van der Waals surface area contributed by atoms with Gasteiger partial charge < -0.3 is 15.7 Å². The molecular weight excluding hydrogens is 228 g/mol. The second kappa shape index (κ2) is 14.0. The van der Waals surface area contributed by atoms with E-state index in [9.17, 15) is 4.79 Å². The summed E-state index contributed by atoms with van der Waals surface area (Å²) in [7, 11) is 0. The lowest BCUT2D eigenvalue weighted by atomic mass is 10.2. The molecule has 0 rings (SSSR count). The van der Waals surface area contributed by atoms with Gasteiger partial charge >= 0.3 is 6.03 Å². The number of allylic oxidation sites excluding steroid dienone is 1. The first-order valence-corrected chi connectivity index (χ1v) is 7.08. The molecule has 0 radical (unpaired) electrons. The highest BCUT2D eigenvalue weighted by Crippen LogP contribution is 1.96. The van der Waals surface area contributed by atoms with E-state index in [1.165, 1.54) is 12.8 Å². The maximum absolute atomic E-state index is 11.3. The van der Waals surface area contributed by atoms with Crippen LogP contribution >= 0.6 is 0 Å². The third-order valence-electron chi connectivity index (χ3n) is 2.61. The van der Waals surface area contributed by atoms with E-state index >= 15 is 0 Å². The summed E-state index contributed by atoms with van der Waals surface area (Å²) in [4.78, 5) is 11.3. The predicted molar refractivity (Wildman–Crippen MR) is 75.6 cm³/mol. The monoisotopic (exact) mass is 256 g/mol. The molecule has 0 aromatic carbocycles. The number of hydrogen-bond donors (Lipinski definition) is 3. The first-order chi connectivity index (χ1) is 8.81. The summed E-state index contributed by atoms with van der Waals surface area (Å²) in [5.41, 5.74) is 0. The zero-order valence-electron chi connectivity index (χ0n) is 11.6. The first kappa shape index (κ1) is 17.0. The number of carbonyl (C=O) groups excluding carboxylic acids is 1. The minimum Gasteiger partial charge on any atom is -0.396 e. The molecule has 4 nitrogen and oxygen atoms in total. The topological polar surface area (TPSA) is 61.4 Å². The summed E-state index contributed by atoms with van der Waals surface area (Å²) in [6.45, 7) is 3.86. The van der Waals surface area contributed by atoms with Crippen molar-refractivity contribution in [2.24, 2.45) is 0 Å².